The second kappa shape index (κ2) is 13.1. The molecule has 0 saturated heterocycles. The monoisotopic (exact) mass is 736 g/mol. The fraction of sp³-hybridized carbons (Fsp3) is 0.106. The molecule has 4 nitrogen and oxygen atoms in total. The molecule has 3 aliphatic rings. The summed E-state index contributed by atoms with van der Waals surface area (Å²) in [4.78, 5) is 6.34. The third-order valence-corrected chi connectivity index (χ3v) is 13.2. The topological polar surface area (TPSA) is 40.6 Å². The van der Waals surface area contributed by atoms with E-state index in [-0.39, 0.29) is 6.71 Å². The molecular weight excluding hydrogens is 699 g/mol. The molecule has 0 spiro atoms. The maximum atomic E-state index is 14.7. The summed E-state index contributed by atoms with van der Waals surface area (Å²) >= 11 is 0. The molecule has 0 aliphatic carbocycles. The molecule has 7 heteroatoms. The largest absolute Gasteiger partial charge is 0.309 e. The van der Waals surface area contributed by atoms with Crippen LogP contribution in [0.2, 0.25) is 0 Å². The van der Waals surface area contributed by atoms with Crippen LogP contribution in [0, 0.1) is 0 Å². The highest BCUT2D eigenvalue weighted by molar-refractivity contribution is 7.85. The van der Waals surface area contributed by atoms with Gasteiger partial charge in [0.05, 0.1) is 42.8 Å². The van der Waals surface area contributed by atoms with Crippen molar-refractivity contribution >= 4 is 78.8 Å². The van der Waals surface area contributed by atoms with Crippen molar-refractivity contribution in [3.05, 3.63) is 185 Å². The van der Waals surface area contributed by atoms with Gasteiger partial charge in [-0.05, 0) is 81.7 Å². The number of hydrogen-bond donors (Lipinski definition) is 0. The molecule has 0 radical (unpaired) electrons. The third-order valence-electron chi connectivity index (χ3n) is 11.2. The van der Waals surface area contributed by atoms with Crippen LogP contribution in [-0.2, 0) is 40.9 Å². The Labute approximate surface area is 322 Å². The summed E-state index contributed by atoms with van der Waals surface area (Å²) in [6, 6.07) is 54.3. The maximum absolute atomic E-state index is 14.7. The smallest absolute Gasteiger partial charge is 0.242 e. The van der Waals surface area contributed by atoms with Crippen LogP contribution in [0.5, 0.6) is 0 Å². The maximum Gasteiger partial charge on any atom is 0.242 e. The van der Waals surface area contributed by atoms with Crippen molar-refractivity contribution in [2.75, 3.05) is 22.3 Å². The summed E-state index contributed by atoms with van der Waals surface area (Å²) < 4.78 is 28.3. The Balaban J connectivity index is 1.39. The van der Waals surface area contributed by atoms with Gasteiger partial charge in [0.15, 0.2) is 0 Å². The number of rotatable bonds is 5. The van der Waals surface area contributed by atoms with Gasteiger partial charge in [0.25, 0.3) is 0 Å². The van der Waals surface area contributed by atoms with Gasteiger partial charge in [-0.15, -0.1) is 0 Å². The molecule has 0 N–H and O–H groups in total. The van der Waals surface area contributed by atoms with E-state index in [0.29, 0.717) is 0 Å². The van der Waals surface area contributed by atoms with Crippen molar-refractivity contribution in [3.63, 3.8) is 0 Å². The molecule has 7 aromatic rings. The molecule has 3 aliphatic heterocycles. The minimum Gasteiger partial charge on any atom is -0.309 e. The minimum absolute atomic E-state index is 0.214. The zero-order chi connectivity index (χ0) is 36.5. The predicted molar refractivity (Wildman–Crippen MR) is 226 cm³/mol. The quantitative estimate of drug-likeness (QED) is 0.167. The van der Waals surface area contributed by atoms with E-state index in [4.69, 9.17) is 0 Å². The molecule has 3 heterocycles. The highest BCUT2D eigenvalue weighted by atomic mass is 32.2. The lowest BCUT2D eigenvalue weighted by Gasteiger charge is -2.39. The number of nitrogens with zero attached hydrogens (tertiary/aromatic N) is 2. The van der Waals surface area contributed by atoms with Gasteiger partial charge >= 0.3 is 0 Å². The standard InChI is InChI=1S/C47H37BN2O2S2/c1-53(51)45-19-11-13-36-28-35-23-21-31-24-32-20-22-34-27-33-12-9-10-18-41(33)50(43(34)26-32)44-30-39(49(46(36)45)42(35)25-31)29-40(47(44)54(2)52)48(37-14-5-3-6-15-37)38-16-7-4-8-17-38/h3-23,25-26,29-30H,24,27-28H2,1-2H3. The number of para-hydroxylation sites is 2. The molecule has 6 bridgehead atoms. The lowest BCUT2D eigenvalue weighted by atomic mass is 9.36. The number of hydrogen-bond acceptors (Lipinski definition) is 4. The van der Waals surface area contributed by atoms with Crippen LogP contribution in [-0.4, -0.2) is 27.6 Å². The molecule has 0 saturated carbocycles. The van der Waals surface area contributed by atoms with E-state index in [0.717, 1.165) is 85.1 Å². The first-order valence-electron chi connectivity index (χ1n) is 18.4. The van der Waals surface area contributed by atoms with Crippen LogP contribution in [0.3, 0.4) is 0 Å². The van der Waals surface area contributed by atoms with Gasteiger partial charge in [-0.1, -0.05) is 126 Å². The fourth-order valence-electron chi connectivity index (χ4n) is 8.94. The molecule has 0 aromatic heterocycles. The van der Waals surface area contributed by atoms with E-state index in [1.54, 1.807) is 6.26 Å². The lowest BCUT2D eigenvalue weighted by Crippen LogP contribution is -2.53. The van der Waals surface area contributed by atoms with Crippen LogP contribution in [0.25, 0.3) is 0 Å². The molecule has 54 heavy (non-hydrogen) atoms. The van der Waals surface area contributed by atoms with Gasteiger partial charge in [0.1, 0.15) is 0 Å². The molecule has 0 fully saturated rings. The van der Waals surface area contributed by atoms with Gasteiger partial charge in [0, 0.05) is 48.1 Å². The van der Waals surface area contributed by atoms with Crippen molar-refractivity contribution in [1.29, 1.82) is 0 Å². The van der Waals surface area contributed by atoms with Crippen molar-refractivity contribution in [1.82, 2.24) is 0 Å². The second-order valence-corrected chi connectivity index (χ2v) is 17.2. The van der Waals surface area contributed by atoms with Crippen LogP contribution >= 0.6 is 0 Å². The summed E-state index contributed by atoms with van der Waals surface area (Å²) in [5.41, 5.74) is 16.6. The van der Waals surface area contributed by atoms with Crippen LogP contribution < -0.4 is 26.2 Å². The highest BCUT2D eigenvalue weighted by Crippen LogP contribution is 2.51. The van der Waals surface area contributed by atoms with Crippen molar-refractivity contribution in [2.45, 2.75) is 29.1 Å². The Kier molecular flexibility index (Phi) is 8.04. The number of anilines is 6. The van der Waals surface area contributed by atoms with Crippen molar-refractivity contribution in [3.8, 4) is 0 Å². The number of benzene rings is 7. The van der Waals surface area contributed by atoms with Crippen LogP contribution in [0.1, 0.15) is 33.4 Å². The van der Waals surface area contributed by atoms with E-state index >= 15 is 0 Å². The first-order chi connectivity index (χ1) is 26.4. The predicted octanol–water partition coefficient (Wildman–Crippen LogP) is 8.33. The molecular formula is C47H37BN2O2S2. The zero-order valence-corrected chi connectivity index (χ0v) is 31.8. The summed E-state index contributed by atoms with van der Waals surface area (Å²) in [5.74, 6) is 0. The van der Waals surface area contributed by atoms with Gasteiger partial charge < -0.3 is 9.80 Å². The Morgan fingerprint density at radius 1 is 0.481 bits per heavy atom. The second-order valence-electron chi connectivity index (χ2n) is 14.6. The Morgan fingerprint density at radius 3 is 1.70 bits per heavy atom. The first kappa shape index (κ1) is 33.1. The molecule has 2 unspecified atom stereocenters. The van der Waals surface area contributed by atoms with Crippen LogP contribution in [0.15, 0.2) is 161 Å². The Hall–Kier alpha value is -5.50. The van der Waals surface area contributed by atoms with E-state index in [1.807, 2.05) is 18.4 Å². The Bertz CT molecular complexity index is 2640. The normalized spacial score (nSPS) is 14.6. The lowest BCUT2D eigenvalue weighted by molar-refractivity contribution is 0.686. The molecule has 2 atom stereocenters. The van der Waals surface area contributed by atoms with Gasteiger partial charge in [-0.25, -0.2) is 0 Å². The molecule has 262 valence electrons. The van der Waals surface area contributed by atoms with Crippen molar-refractivity contribution in [2.24, 2.45) is 0 Å². The highest BCUT2D eigenvalue weighted by Gasteiger charge is 2.36. The fourth-order valence-corrected chi connectivity index (χ4v) is 10.7. The van der Waals surface area contributed by atoms with Gasteiger partial charge in [0.2, 0.25) is 6.71 Å². The third kappa shape index (κ3) is 5.40. The van der Waals surface area contributed by atoms with Gasteiger partial charge in [-0.2, -0.15) is 0 Å². The molecule has 7 aromatic carbocycles. The summed E-state index contributed by atoms with van der Waals surface area (Å²) in [7, 11) is -2.64. The van der Waals surface area contributed by atoms with E-state index in [2.05, 4.69) is 149 Å². The molecule has 0 amide bonds. The molecule has 10 rings (SSSR count). The average Bonchev–Trinajstić information content (AvgIpc) is 3.19. The summed E-state index contributed by atoms with van der Waals surface area (Å²) in [6.45, 7) is -0.214. The first-order valence-corrected chi connectivity index (χ1v) is 21.5. The van der Waals surface area contributed by atoms with Crippen LogP contribution in [0.4, 0.5) is 34.1 Å². The summed E-state index contributed by atoms with van der Waals surface area (Å²) in [5, 5.41) is 0. The average molecular weight is 737 g/mol. The van der Waals surface area contributed by atoms with E-state index in [9.17, 15) is 8.42 Å². The van der Waals surface area contributed by atoms with E-state index in [1.165, 1.54) is 27.8 Å². The summed E-state index contributed by atoms with van der Waals surface area (Å²) in [6.07, 6.45) is 5.94. The minimum atomic E-state index is -1.39. The Morgan fingerprint density at radius 2 is 1.06 bits per heavy atom. The van der Waals surface area contributed by atoms with E-state index < -0.39 is 21.6 Å². The SMILES string of the molecule is CS(=O)c1cccc2c1N1c3cc(B(c4ccccc4)c4ccccc4)c(S(C)=O)c(c3)N3c4ccccc4Cc4ccc(cc43)Cc3ccc(c1c3)C2. The zero-order valence-electron chi connectivity index (χ0n) is 30.2. The van der Waals surface area contributed by atoms with Gasteiger partial charge in [-0.3, -0.25) is 8.42 Å². The van der Waals surface area contributed by atoms with Crippen molar-refractivity contribution < 1.29 is 8.42 Å². The number of fused-ring (bicyclic) bond motifs is 10.